The maximum atomic E-state index is 5.57. The lowest BCUT2D eigenvalue weighted by molar-refractivity contribution is 0.147. The van der Waals surface area contributed by atoms with Crippen LogP contribution in [0.25, 0.3) is 0 Å². The Morgan fingerprint density at radius 3 is 2.58 bits per heavy atom. The van der Waals surface area contributed by atoms with E-state index in [1.807, 2.05) is 0 Å². The Hall–Kier alpha value is -1.24. The van der Waals surface area contributed by atoms with Crippen LogP contribution >= 0.6 is 0 Å². The van der Waals surface area contributed by atoms with E-state index in [9.17, 15) is 0 Å². The van der Waals surface area contributed by atoms with Gasteiger partial charge in [-0.15, -0.1) is 0 Å². The smallest absolute Gasteiger partial charge is 0.156 e. The van der Waals surface area contributed by atoms with E-state index in [1.165, 1.54) is 32.1 Å². The van der Waals surface area contributed by atoms with Crippen molar-refractivity contribution < 1.29 is 9.47 Å². The summed E-state index contributed by atoms with van der Waals surface area (Å²) in [6.45, 7) is 6.49. The van der Waals surface area contributed by atoms with Crippen LogP contribution < -0.4 is 4.90 Å². The third-order valence-electron chi connectivity index (χ3n) is 6.13. The Bertz CT molecular complexity index is 577. The fourth-order valence-corrected chi connectivity index (χ4v) is 4.60. The molecule has 0 amide bonds. The molecule has 144 valence electrons. The van der Waals surface area contributed by atoms with Gasteiger partial charge in [0, 0.05) is 57.9 Å². The molecular formula is C20H32N4O2. The number of hydrogen-bond donors (Lipinski definition) is 0. The lowest BCUT2D eigenvalue weighted by Gasteiger charge is -2.41. The van der Waals surface area contributed by atoms with Crippen LogP contribution in [0.5, 0.6) is 0 Å². The van der Waals surface area contributed by atoms with Crippen molar-refractivity contribution in [1.29, 1.82) is 0 Å². The van der Waals surface area contributed by atoms with Crippen molar-refractivity contribution in [3.8, 4) is 0 Å². The first-order valence-electron chi connectivity index (χ1n) is 10.3. The largest absolute Gasteiger partial charge is 0.381 e. The quantitative estimate of drug-likeness (QED) is 0.804. The summed E-state index contributed by atoms with van der Waals surface area (Å²) in [6, 6.07) is 3.00. The molecule has 1 aromatic heterocycles. The van der Waals surface area contributed by atoms with Crippen molar-refractivity contribution in [3.05, 3.63) is 17.6 Å². The van der Waals surface area contributed by atoms with Crippen molar-refractivity contribution >= 4 is 5.82 Å². The Morgan fingerprint density at radius 1 is 1.08 bits per heavy atom. The highest BCUT2D eigenvalue weighted by molar-refractivity contribution is 5.41. The molecule has 1 saturated carbocycles. The molecule has 1 unspecified atom stereocenters. The Kier molecular flexibility index (Phi) is 6.02. The fourth-order valence-electron chi connectivity index (χ4n) is 4.60. The normalized spacial score (nSPS) is 25.7. The minimum absolute atomic E-state index is 0.399. The van der Waals surface area contributed by atoms with E-state index in [2.05, 4.69) is 15.9 Å². The predicted molar refractivity (Wildman–Crippen MR) is 102 cm³/mol. The van der Waals surface area contributed by atoms with Crippen molar-refractivity contribution in [3.63, 3.8) is 0 Å². The molecule has 0 spiro atoms. The van der Waals surface area contributed by atoms with Gasteiger partial charge in [0.1, 0.15) is 12.4 Å². The molecule has 1 aromatic rings. The van der Waals surface area contributed by atoms with Crippen LogP contribution in [0.2, 0.25) is 0 Å². The molecule has 1 aliphatic carbocycles. The number of ether oxygens (including phenoxy) is 2. The summed E-state index contributed by atoms with van der Waals surface area (Å²) in [5.41, 5.74) is 1.12. The molecule has 3 aliphatic rings. The number of piperazine rings is 1. The maximum Gasteiger partial charge on any atom is 0.156 e. The molecule has 2 saturated heterocycles. The molecule has 3 fully saturated rings. The fraction of sp³-hybridized carbons (Fsp3) is 0.800. The molecule has 1 atom stereocenters. The average Bonchev–Trinajstić information content (AvgIpc) is 3.24. The highest BCUT2D eigenvalue weighted by Gasteiger charge is 2.27. The summed E-state index contributed by atoms with van der Waals surface area (Å²) in [5.74, 6) is 2.26. The van der Waals surface area contributed by atoms with E-state index in [-0.39, 0.29) is 0 Å². The lowest BCUT2D eigenvalue weighted by Crippen LogP contribution is -2.51. The molecule has 26 heavy (non-hydrogen) atoms. The molecule has 0 radical (unpaired) electrons. The van der Waals surface area contributed by atoms with Gasteiger partial charge in [-0.25, -0.2) is 9.97 Å². The molecule has 2 aliphatic heterocycles. The summed E-state index contributed by atoms with van der Waals surface area (Å²) in [5, 5.41) is 0. The first-order chi connectivity index (χ1) is 12.8. The van der Waals surface area contributed by atoms with Gasteiger partial charge in [-0.3, -0.25) is 4.90 Å². The van der Waals surface area contributed by atoms with Gasteiger partial charge in [-0.2, -0.15) is 0 Å². The summed E-state index contributed by atoms with van der Waals surface area (Å²) in [4.78, 5) is 14.7. The molecular weight excluding hydrogens is 328 g/mol. The molecule has 0 bridgehead atoms. The van der Waals surface area contributed by atoms with E-state index in [4.69, 9.17) is 19.4 Å². The van der Waals surface area contributed by atoms with Crippen LogP contribution in [0.1, 0.15) is 56.0 Å². The van der Waals surface area contributed by atoms with Crippen LogP contribution in [0, 0.1) is 0 Å². The summed E-state index contributed by atoms with van der Waals surface area (Å²) < 4.78 is 10.9. The zero-order valence-electron chi connectivity index (χ0n) is 16.0. The zero-order chi connectivity index (χ0) is 17.8. The van der Waals surface area contributed by atoms with Crippen molar-refractivity contribution in [2.75, 3.05) is 51.4 Å². The second kappa shape index (κ2) is 8.63. The summed E-state index contributed by atoms with van der Waals surface area (Å²) in [6.07, 6.45) is 8.06. The molecule has 6 heteroatoms. The van der Waals surface area contributed by atoms with Gasteiger partial charge < -0.3 is 14.4 Å². The minimum Gasteiger partial charge on any atom is -0.381 e. The topological polar surface area (TPSA) is 50.7 Å². The molecule has 0 aromatic carbocycles. The van der Waals surface area contributed by atoms with Crippen LogP contribution in [-0.2, 0) is 16.1 Å². The lowest BCUT2D eigenvalue weighted by atomic mass is 9.94. The van der Waals surface area contributed by atoms with E-state index in [1.54, 1.807) is 7.11 Å². The Morgan fingerprint density at radius 2 is 1.88 bits per heavy atom. The zero-order valence-corrected chi connectivity index (χ0v) is 16.0. The minimum atomic E-state index is 0.399. The number of methoxy groups -OCH3 is 1. The van der Waals surface area contributed by atoms with E-state index in [0.717, 1.165) is 69.2 Å². The van der Waals surface area contributed by atoms with Gasteiger partial charge in [-0.1, -0.05) is 19.3 Å². The van der Waals surface area contributed by atoms with Crippen LogP contribution in [0.15, 0.2) is 6.07 Å². The van der Waals surface area contributed by atoms with Crippen molar-refractivity contribution in [2.45, 2.75) is 57.1 Å². The Labute approximate surface area is 156 Å². The second-order valence-corrected chi connectivity index (χ2v) is 7.88. The van der Waals surface area contributed by atoms with Gasteiger partial charge in [0.2, 0.25) is 0 Å². The highest BCUT2D eigenvalue weighted by Crippen LogP contribution is 2.28. The monoisotopic (exact) mass is 360 g/mol. The number of hydrogen-bond acceptors (Lipinski definition) is 6. The van der Waals surface area contributed by atoms with Gasteiger partial charge in [0.15, 0.2) is 5.82 Å². The Balaban J connectivity index is 1.44. The number of rotatable bonds is 5. The average molecular weight is 361 g/mol. The van der Waals surface area contributed by atoms with E-state index in [0.29, 0.717) is 12.5 Å². The predicted octanol–water partition coefficient (Wildman–Crippen LogP) is 2.58. The standard InChI is InChI=1S/C20H32N4O2/c1-25-15-19-21-18(16-7-12-26-14-16)13-20(22-19)24-10-8-23(9-11-24)17-5-3-2-4-6-17/h13,16-17H,2-12,14-15H2,1H3. The summed E-state index contributed by atoms with van der Waals surface area (Å²) >= 11 is 0. The molecule has 3 heterocycles. The van der Waals surface area contributed by atoms with Crippen LogP contribution in [0.3, 0.4) is 0 Å². The first-order valence-corrected chi connectivity index (χ1v) is 10.3. The highest BCUT2D eigenvalue weighted by atomic mass is 16.5. The SMILES string of the molecule is COCc1nc(C2CCOC2)cc(N2CCN(C3CCCCC3)CC2)n1. The maximum absolute atomic E-state index is 5.57. The second-order valence-electron chi connectivity index (χ2n) is 7.88. The van der Waals surface area contributed by atoms with E-state index >= 15 is 0 Å². The van der Waals surface area contributed by atoms with Gasteiger partial charge in [0.05, 0.1) is 12.3 Å². The summed E-state index contributed by atoms with van der Waals surface area (Å²) in [7, 11) is 1.71. The van der Waals surface area contributed by atoms with E-state index < -0.39 is 0 Å². The van der Waals surface area contributed by atoms with Gasteiger partial charge in [-0.05, 0) is 19.3 Å². The van der Waals surface area contributed by atoms with Crippen LogP contribution in [0.4, 0.5) is 5.82 Å². The first kappa shape index (κ1) is 18.1. The van der Waals surface area contributed by atoms with Gasteiger partial charge >= 0.3 is 0 Å². The van der Waals surface area contributed by atoms with Gasteiger partial charge in [0.25, 0.3) is 0 Å². The molecule has 6 nitrogen and oxygen atoms in total. The molecule has 0 N–H and O–H groups in total. The van der Waals surface area contributed by atoms with Crippen molar-refractivity contribution in [1.82, 2.24) is 14.9 Å². The molecule has 4 rings (SSSR count). The third kappa shape index (κ3) is 4.18. The number of nitrogens with zero attached hydrogens (tertiary/aromatic N) is 4. The van der Waals surface area contributed by atoms with Crippen LogP contribution in [-0.4, -0.2) is 67.4 Å². The third-order valence-corrected chi connectivity index (χ3v) is 6.13. The number of aromatic nitrogens is 2. The van der Waals surface area contributed by atoms with Crippen molar-refractivity contribution in [2.24, 2.45) is 0 Å². The number of anilines is 1.